The molecule has 0 saturated carbocycles. The highest BCUT2D eigenvalue weighted by atomic mass is 16.6. The zero-order valence-corrected chi connectivity index (χ0v) is 15.8. The smallest absolute Gasteiger partial charge is 0.339 e. The zero-order chi connectivity index (χ0) is 21.1. The Labute approximate surface area is 166 Å². The van der Waals surface area contributed by atoms with E-state index in [1.807, 2.05) is 4.90 Å². The molecule has 0 unspecified atom stereocenters. The molecule has 1 fully saturated rings. The van der Waals surface area contributed by atoms with Crippen LogP contribution in [0.4, 0.5) is 17.1 Å². The number of piperidine rings is 1. The van der Waals surface area contributed by atoms with E-state index >= 15 is 0 Å². The molecule has 2 aromatic carbocycles. The number of nitrogens with zero attached hydrogens (tertiary/aromatic N) is 2. The summed E-state index contributed by atoms with van der Waals surface area (Å²) in [5, 5.41) is 32.5. The summed E-state index contributed by atoms with van der Waals surface area (Å²) < 4.78 is 0. The number of hydrogen-bond donors (Lipinski definition) is 3. The van der Waals surface area contributed by atoms with E-state index in [0.29, 0.717) is 11.6 Å². The SMILES string of the molecule is CC1CCN(c2ccc([N+](=O)[O-])cc2C(=O)Nc2ccc(O)c(C(=O)O)c2)CC1. The van der Waals surface area contributed by atoms with Crippen LogP contribution >= 0.6 is 0 Å². The molecule has 0 bridgehead atoms. The molecule has 1 aliphatic rings. The minimum Gasteiger partial charge on any atom is -0.507 e. The average molecular weight is 399 g/mol. The Kier molecular flexibility index (Phi) is 5.67. The number of carbonyl (C=O) groups excluding carboxylic acids is 1. The molecular weight excluding hydrogens is 378 g/mol. The van der Waals surface area contributed by atoms with Crippen LogP contribution in [-0.4, -0.2) is 40.1 Å². The standard InChI is InChI=1S/C20H21N3O6/c1-12-6-8-22(9-7-12)17-4-3-14(23(28)29)11-15(17)19(25)21-13-2-5-18(24)16(10-13)20(26)27/h2-5,10-12,24H,6-9H2,1H3,(H,21,25)(H,26,27). The molecule has 0 atom stereocenters. The number of amides is 1. The van der Waals surface area contributed by atoms with Crippen LogP contribution < -0.4 is 10.2 Å². The van der Waals surface area contributed by atoms with Crippen molar-refractivity contribution in [1.82, 2.24) is 0 Å². The first kappa shape index (κ1) is 20.1. The number of nitro groups is 1. The van der Waals surface area contributed by atoms with E-state index in [0.717, 1.165) is 32.0 Å². The van der Waals surface area contributed by atoms with Crippen molar-refractivity contribution in [1.29, 1.82) is 0 Å². The van der Waals surface area contributed by atoms with Gasteiger partial charge < -0.3 is 20.4 Å². The number of non-ortho nitro benzene ring substituents is 1. The van der Waals surface area contributed by atoms with E-state index in [9.17, 15) is 24.8 Å². The van der Waals surface area contributed by atoms with Crippen LogP contribution in [0.1, 0.15) is 40.5 Å². The summed E-state index contributed by atoms with van der Waals surface area (Å²) >= 11 is 0. The quantitative estimate of drug-likeness (QED) is 0.398. The van der Waals surface area contributed by atoms with Gasteiger partial charge >= 0.3 is 5.97 Å². The molecule has 0 aliphatic carbocycles. The third kappa shape index (κ3) is 4.45. The Morgan fingerprint density at radius 3 is 2.45 bits per heavy atom. The van der Waals surface area contributed by atoms with E-state index in [-0.39, 0.29) is 22.5 Å². The van der Waals surface area contributed by atoms with Crippen molar-refractivity contribution in [2.75, 3.05) is 23.3 Å². The summed E-state index contributed by atoms with van der Waals surface area (Å²) in [5.41, 5.74) is 0.333. The second kappa shape index (κ2) is 8.17. The first-order valence-electron chi connectivity index (χ1n) is 9.17. The van der Waals surface area contributed by atoms with Crippen molar-refractivity contribution >= 4 is 28.9 Å². The third-order valence-corrected chi connectivity index (χ3v) is 5.04. The number of carbonyl (C=O) groups is 2. The lowest BCUT2D eigenvalue weighted by Gasteiger charge is -2.33. The second-order valence-electron chi connectivity index (χ2n) is 7.12. The lowest BCUT2D eigenvalue weighted by atomic mass is 9.97. The fraction of sp³-hybridized carbons (Fsp3) is 0.300. The lowest BCUT2D eigenvalue weighted by molar-refractivity contribution is -0.384. The van der Waals surface area contributed by atoms with E-state index in [1.54, 1.807) is 6.07 Å². The maximum absolute atomic E-state index is 12.9. The Bertz CT molecular complexity index is 967. The Hall–Kier alpha value is -3.62. The molecule has 2 aromatic rings. The Morgan fingerprint density at radius 1 is 1.14 bits per heavy atom. The Morgan fingerprint density at radius 2 is 1.83 bits per heavy atom. The number of nitro benzene ring substituents is 1. The van der Waals surface area contributed by atoms with Gasteiger partial charge in [-0.2, -0.15) is 0 Å². The van der Waals surface area contributed by atoms with Crippen molar-refractivity contribution < 1.29 is 24.7 Å². The van der Waals surface area contributed by atoms with Gasteiger partial charge in [0.15, 0.2) is 0 Å². The van der Waals surface area contributed by atoms with Gasteiger partial charge in [-0.25, -0.2) is 4.79 Å². The third-order valence-electron chi connectivity index (χ3n) is 5.04. The summed E-state index contributed by atoms with van der Waals surface area (Å²) in [6.45, 7) is 3.63. The first-order valence-corrected chi connectivity index (χ1v) is 9.17. The van der Waals surface area contributed by atoms with Crippen molar-refractivity contribution in [3.05, 3.63) is 57.6 Å². The average Bonchev–Trinajstić information content (AvgIpc) is 2.69. The molecule has 3 rings (SSSR count). The van der Waals surface area contributed by atoms with Gasteiger partial charge in [0.1, 0.15) is 11.3 Å². The topological polar surface area (TPSA) is 133 Å². The molecule has 1 amide bonds. The van der Waals surface area contributed by atoms with Crippen molar-refractivity contribution in [3.8, 4) is 5.75 Å². The summed E-state index contributed by atoms with van der Waals surface area (Å²) in [7, 11) is 0. The highest BCUT2D eigenvalue weighted by Gasteiger charge is 2.24. The molecule has 3 N–H and O–H groups in total. The summed E-state index contributed by atoms with van der Waals surface area (Å²) in [6, 6.07) is 7.82. The van der Waals surface area contributed by atoms with Gasteiger partial charge in [-0.05, 0) is 43.0 Å². The minimum absolute atomic E-state index is 0.138. The summed E-state index contributed by atoms with van der Waals surface area (Å²) in [4.78, 5) is 36.7. The highest BCUT2D eigenvalue weighted by Crippen LogP contribution is 2.30. The van der Waals surface area contributed by atoms with Gasteiger partial charge in [0.05, 0.1) is 16.2 Å². The molecule has 9 nitrogen and oxygen atoms in total. The van der Waals surface area contributed by atoms with Crippen LogP contribution in [0.3, 0.4) is 0 Å². The number of carboxylic acid groups (broad SMARTS) is 1. The van der Waals surface area contributed by atoms with Crippen LogP contribution in [0.25, 0.3) is 0 Å². The fourth-order valence-electron chi connectivity index (χ4n) is 3.33. The van der Waals surface area contributed by atoms with Crippen LogP contribution in [0.5, 0.6) is 5.75 Å². The van der Waals surface area contributed by atoms with Gasteiger partial charge in [-0.1, -0.05) is 6.92 Å². The van der Waals surface area contributed by atoms with Gasteiger partial charge in [-0.3, -0.25) is 14.9 Å². The number of benzene rings is 2. The molecule has 152 valence electrons. The zero-order valence-electron chi connectivity index (χ0n) is 15.8. The maximum Gasteiger partial charge on any atom is 0.339 e. The number of anilines is 2. The number of phenols is 1. The molecule has 1 aliphatic heterocycles. The van der Waals surface area contributed by atoms with E-state index < -0.39 is 22.5 Å². The number of carboxylic acids is 1. The molecule has 0 spiro atoms. The van der Waals surface area contributed by atoms with Crippen molar-refractivity contribution in [2.24, 2.45) is 5.92 Å². The van der Waals surface area contributed by atoms with Gasteiger partial charge in [0.25, 0.3) is 11.6 Å². The minimum atomic E-state index is -1.34. The molecule has 0 radical (unpaired) electrons. The normalized spacial score (nSPS) is 14.4. The summed E-state index contributed by atoms with van der Waals surface area (Å²) in [6.07, 6.45) is 1.91. The number of nitrogens with one attached hydrogen (secondary N) is 1. The van der Waals surface area contributed by atoms with Crippen LogP contribution in [0, 0.1) is 16.0 Å². The monoisotopic (exact) mass is 399 g/mol. The van der Waals surface area contributed by atoms with Gasteiger partial charge in [0.2, 0.25) is 0 Å². The Balaban J connectivity index is 1.94. The molecule has 0 aromatic heterocycles. The molecule has 1 saturated heterocycles. The van der Waals surface area contributed by atoms with Crippen LogP contribution in [-0.2, 0) is 0 Å². The molecule has 29 heavy (non-hydrogen) atoms. The predicted octanol–water partition coefficient (Wildman–Crippen LogP) is 3.49. The summed E-state index contributed by atoms with van der Waals surface area (Å²) in [5.74, 6) is -1.77. The fourth-order valence-corrected chi connectivity index (χ4v) is 3.33. The molecule has 9 heteroatoms. The van der Waals surface area contributed by atoms with Gasteiger partial charge in [0, 0.05) is 30.9 Å². The maximum atomic E-state index is 12.9. The number of hydrogen-bond acceptors (Lipinski definition) is 6. The predicted molar refractivity (Wildman–Crippen MR) is 107 cm³/mol. The number of aromatic hydroxyl groups is 1. The van der Waals surface area contributed by atoms with Crippen LogP contribution in [0.15, 0.2) is 36.4 Å². The van der Waals surface area contributed by atoms with E-state index in [1.165, 1.54) is 24.3 Å². The van der Waals surface area contributed by atoms with E-state index in [2.05, 4.69) is 12.2 Å². The van der Waals surface area contributed by atoms with Crippen LogP contribution in [0.2, 0.25) is 0 Å². The number of aromatic carboxylic acids is 1. The molecular formula is C20H21N3O6. The largest absolute Gasteiger partial charge is 0.507 e. The first-order chi connectivity index (χ1) is 13.8. The van der Waals surface area contributed by atoms with E-state index in [4.69, 9.17) is 5.11 Å². The molecule has 1 heterocycles. The lowest BCUT2D eigenvalue weighted by Crippen LogP contribution is -2.34. The highest BCUT2D eigenvalue weighted by molar-refractivity contribution is 6.09. The van der Waals surface area contributed by atoms with Crippen molar-refractivity contribution in [3.63, 3.8) is 0 Å². The van der Waals surface area contributed by atoms with Crippen molar-refractivity contribution in [2.45, 2.75) is 19.8 Å². The second-order valence-corrected chi connectivity index (χ2v) is 7.12. The number of rotatable bonds is 5. The van der Waals surface area contributed by atoms with Gasteiger partial charge in [-0.15, -0.1) is 0 Å².